The van der Waals surface area contributed by atoms with E-state index in [-0.39, 0.29) is 0 Å². The Morgan fingerprint density at radius 3 is 2.81 bits per heavy atom. The van der Waals surface area contributed by atoms with Crippen molar-refractivity contribution in [3.63, 3.8) is 0 Å². The van der Waals surface area contributed by atoms with Crippen LogP contribution in [-0.4, -0.2) is 17.3 Å². The molecule has 0 saturated heterocycles. The van der Waals surface area contributed by atoms with Gasteiger partial charge in [-0.1, -0.05) is 6.92 Å². The average molecular weight is 219 g/mol. The van der Waals surface area contributed by atoms with Crippen LogP contribution in [0.4, 0.5) is 5.69 Å². The Hall–Kier alpha value is -2.04. The summed E-state index contributed by atoms with van der Waals surface area (Å²) < 4.78 is 10.6. The fraction of sp³-hybridized carbons (Fsp3) is 0.273. The summed E-state index contributed by atoms with van der Waals surface area (Å²) in [4.78, 5) is 0. The van der Waals surface area contributed by atoms with Crippen LogP contribution in [-0.2, 0) is 6.42 Å². The van der Waals surface area contributed by atoms with Gasteiger partial charge in [-0.2, -0.15) is 0 Å². The Kier molecular flexibility index (Phi) is 2.76. The fourth-order valence-corrected chi connectivity index (χ4v) is 1.36. The lowest BCUT2D eigenvalue weighted by Crippen LogP contribution is -1.92. The second kappa shape index (κ2) is 4.22. The highest BCUT2D eigenvalue weighted by Crippen LogP contribution is 2.27. The van der Waals surface area contributed by atoms with E-state index < -0.39 is 0 Å². The monoisotopic (exact) mass is 219 g/mol. The van der Waals surface area contributed by atoms with Crippen LogP contribution in [0.5, 0.6) is 5.75 Å². The van der Waals surface area contributed by atoms with Gasteiger partial charge in [0.1, 0.15) is 5.75 Å². The standard InChI is InChI=1S/C11H13N3O2/c1-3-10-13-14-11(16-10)7-4-5-8(12)9(6-7)15-2/h4-6H,3,12H2,1-2H3. The molecular formula is C11H13N3O2. The van der Waals surface area contributed by atoms with Gasteiger partial charge < -0.3 is 14.9 Å². The molecule has 0 atom stereocenters. The van der Waals surface area contributed by atoms with Gasteiger partial charge in [-0.15, -0.1) is 10.2 Å². The largest absolute Gasteiger partial charge is 0.495 e. The van der Waals surface area contributed by atoms with E-state index in [2.05, 4.69) is 10.2 Å². The lowest BCUT2D eigenvalue weighted by atomic mass is 10.2. The van der Waals surface area contributed by atoms with E-state index in [4.69, 9.17) is 14.9 Å². The third-order valence-corrected chi connectivity index (χ3v) is 2.25. The molecule has 0 radical (unpaired) electrons. The van der Waals surface area contributed by atoms with Crippen molar-refractivity contribution in [1.29, 1.82) is 0 Å². The van der Waals surface area contributed by atoms with E-state index in [1.54, 1.807) is 19.2 Å². The zero-order valence-electron chi connectivity index (χ0n) is 9.23. The minimum atomic E-state index is 0.482. The van der Waals surface area contributed by atoms with Crippen molar-refractivity contribution in [3.05, 3.63) is 24.1 Å². The Bertz CT molecular complexity index is 494. The zero-order valence-corrected chi connectivity index (χ0v) is 9.23. The van der Waals surface area contributed by atoms with Gasteiger partial charge in [-0.05, 0) is 18.2 Å². The number of aromatic nitrogens is 2. The Balaban J connectivity index is 2.40. The summed E-state index contributed by atoms with van der Waals surface area (Å²) in [6.45, 7) is 1.96. The molecule has 2 aromatic rings. The third-order valence-electron chi connectivity index (χ3n) is 2.25. The predicted octanol–water partition coefficient (Wildman–Crippen LogP) is 1.89. The van der Waals surface area contributed by atoms with E-state index in [0.29, 0.717) is 23.2 Å². The van der Waals surface area contributed by atoms with Gasteiger partial charge in [-0.3, -0.25) is 0 Å². The van der Waals surface area contributed by atoms with Gasteiger partial charge in [0.05, 0.1) is 12.8 Å². The van der Waals surface area contributed by atoms with E-state index >= 15 is 0 Å². The van der Waals surface area contributed by atoms with Crippen LogP contribution >= 0.6 is 0 Å². The number of hydrogen-bond donors (Lipinski definition) is 1. The molecule has 2 N–H and O–H groups in total. The quantitative estimate of drug-likeness (QED) is 0.798. The lowest BCUT2D eigenvalue weighted by Gasteiger charge is -2.04. The van der Waals surface area contributed by atoms with Crippen LogP contribution in [0.15, 0.2) is 22.6 Å². The molecule has 2 rings (SSSR count). The van der Waals surface area contributed by atoms with Crippen molar-refractivity contribution in [2.45, 2.75) is 13.3 Å². The summed E-state index contributed by atoms with van der Waals surface area (Å²) in [5.41, 5.74) is 7.11. The van der Waals surface area contributed by atoms with Crippen molar-refractivity contribution < 1.29 is 9.15 Å². The number of benzene rings is 1. The summed E-state index contributed by atoms with van der Waals surface area (Å²) >= 11 is 0. The first-order chi connectivity index (χ1) is 7.74. The SMILES string of the molecule is CCc1nnc(-c2ccc(N)c(OC)c2)o1. The van der Waals surface area contributed by atoms with E-state index in [9.17, 15) is 0 Å². The molecule has 5 heteroatoms. The maximum absolute atomic E-state index is 5.72. The van der Waals surface area contributed by atoms with Gasteiger partial charge >= 0.3 is 0 Å². The Labute approximate surface area is 93.2 Å². The van der Waals surface area contributed by atoms with Crippen molar-refractivity contribution in [2.75, 3.05) is 12.8 Å². The molecule has 0 saturated carbocycles. The summed E-state index contributed by atoms with van der Waals surface area (Å²) in [5.74, 6) is 1.70. The number of nitrogens with two attached hydrogens (primary N) is 1. The maximum atomic E-state index is 5.72. The molecule has 0 aliphatic heterocycles. The molecule has 1 aromatic heterocycles. The molecule has 1 aromatic carbocycles. The number of anilines is 1. The first-order valence-corrected chi connectivity index (χ1v) is 5.01. The second-order valence-electron chi connectivity index (χ2n) is 3.31. The number of methoxy groups -OCH3 is 1. The van der Waals surface area contributed by atoms with Crippen LogP contribution in [0.25, 0.3) is 11.5 Å². The highest BCUT2D eigenvalue weighted by Gasteiger charge is 2.09. The molecule has 1 heterocycles. The van der Waals surface area contributed by atoms with Crippen molar-refractivity contribution in [1.82, 2.24) is 10.2 Å². The minimum absolute atomic E-state index is 0.482. The molecule has 5 nitrogen and oxygen atoms in total. The van der Waals surface area contributed by atoms with Crippen LogP contribution < -0.4 is 10.5 Å². The Morgan fingerprint density at radius 1 is 1.38 bits per heavy atom. The molecular weight excluding hydrogens is 206 g/mol. The minimum Gasteiger partial charge on any atom is -0.495 e. The molecule has 0 unspecified atom stereocenters. The van der Waals surface area contributed by atoms with Gasteiger partial charge in [0.2, 0.25) is 11.8 Å². The first-order valence-electron chi connectivity index (χ1n) is 5.01. The molecule has 0 bridgehead atoms. The van der Waals surface area contributed by atoms with E-state index in [1.165, 1.54) is 0 Å². The first kappa shape index (κ1) is 10.5. The van der Waals surface area contributed by atoms with E-state index in [0.717, 1.165) is 12.0 Å². The average Bonchev–Trinajstić information content (AvgIpc) is 2.78. The summed E-state index contributed by atoms with van der Waals surface area (Å²) in [7, 11) is 1.57. The number of aryl methyl sites for hydroxylation is 1. The third kappa shape index (κ3) is 1.84. The van der Waals surface area contributed by atoms with Crippen molar-refractivity contribution >= 4 is 5.69 Å². The topological polar surface area (TPSA) is 74.2 Å². The van der Waals surface area contributed by atoms with Crippen molar-refractivity contribution in [2.24, 2.45) is 0 Å². The number of nitrogens with zero attached hydrogens (tertiary/aromatic N) is 2. The van der Waals surface area contributed by atoms with Gasteiger partial charge in [0, 0.05) is 12.0 Å². The number of rotatable bonds is 3. The fourth-order valence-electron chi connectivity index (χ4n) is 1.36. The molecule has 0 aliphatic carbocycles. The highest BCUT2D eigenvalue weighted by molar-refractivity contribution is 5.64. The molecule has 84 valence electrons. The highest BCUT2D eigenvalue weighted by atomic mass is 16.5. The van der Waals surface area contributed by atoms with Gasteiger partial charge in [0.25, 0.3) is 0 Å². The second-order valence-corrected chi connectivity index (χ2v) is 3.31. The Morgan fingerprint density at radius 2 is 2.19 bits per heavy atom. The molecule has 0 spiro atoms. The van der Waals surface area contributed by atoms with Crippen molar-refractivity contribution in [3.8, 4) is 17.2 Å². The van der Waals surface area contributed by atoms with Crippen LogP contribution in [0.2, 0.25) is 0 Å². The zero-order chi connectivity index (χ0) is 11.5. The number of ether oxygens (including phenoxy) is 1. The normalized spacial score (nSPS) is 10.4. The lowest BCUT2D eigenvalue weighted by molar-refractivity contribution is 0.417. The summed E-state index contributed by atoms with van der Waals surface area (Å²) in [6.07, 6.45) is 0.721. The maximum Gasteiger partial charge on any atom is 0.247 e. The predicted molar refractivity (Wildman–Crippen MR) is 60.1 cm³/mol. The number of nitrogen functional groups attached to an aromatic ring is 1. The van der Waals surface area contributed by atoms with Gasteiger partial charge in [0.15, 0.2) is 0 Å². The van der Waals surface area contributed by atoms with Crippen LogP contribution in [0, 0.1) is 0 Å². The van der Waals surface area contributed by atoms with Crippen LogP contribution in [0.1, 0.15) is 12.8 Å². The molecule has 16 heavy (non-hydrogen) atoms. The molecule has 0 aliphatic rings. The molecule has 0 fully saturated rings. The summed E-state index contributed by atoms with van der Waals surface area (Å²) in [6, 6.07) is 5.36. The van der Waals surface area contributed by atoms with E-state index in [1.807, 2.05) is 13.0 Å². The number of hydrogen-bond acceptors (Lipinski definition) is 5. The van der Waals surface area contributed by atoms with Crippen LogP contribution in [0.3, 0.4) is 0 Å². The summed E-state index contributed by atoms with van der Waals surface area (Å²) in [5, 5.41) is 7.85. The molecule has 0 amide bonds. The van der Waals surface area contributed by atoms with Gasteiger partial charge in [-0.25, -0.2) is 0 Å². The smallest absolute Gasteiger partial charge is 0.247 e.